The largest absolute Gasteiger partial charge is 0.368 e. The van der Waals surface area contributed by atoms with Gasteiger partial charge in [0, 0.05) is 22.8 Å². The number of benzene rings is 2. The normalized spacial score (nSPS) is 13.5. The Kier molecular flexibility index (Phi) is 4.32. The summed E-state index contributed by atoms with van der Waals surface area (Å²) in [6.07, 6.45) is 0. The lowest BCUT2D eigenvalue weighted by molar-refractivity contribution is 0.102. The van der Waals surface area contributed by atoms with E-state index in [1.54, 1.807) is 18.2 Å². The number of amides is 1. The molecule has 4 nitrogen and oxygen atoms in total. The Morgan fingerprint density at radius 1 is 1.14 bits per heavy atom. The zero-order valence-corrected chi connectivity index (χ0v) is 13.1. The Morgan fingerprint density at radius 2 is 1.91 bits per heavy atom. The molecule has 0 bridgehead atoms. The Balaban J connectivity index is 1.73. The standard InChI is InChI=1S/C16H13Cl2N3O/c17-11-3-6-13(14(18)9-11)16(22)21-12-4-1-10(2-5-12)15-19-7-8-20-15/h1-6,9H,7-8H2,(H,19,20)(H,21,22). The van der Waals surface area contributed by atoms with Gasteiger partial charge in [-0.15, -0.1) is 0 Å². The molecule has 2 aromatic rings. The third kappa shape index (κ3) is 3.24. The van der Waals surface area contributed by atoms with Crippen LogP contribution < -0.4 is 10.6 Å². The highest BCUT2D eigenvalue weighted by atomic mass is 35.5. The van der Waals surface area contributed by atoms with Gasteiger partial charge in [-0.3, -0.25) is 9.79 Å². The van der Waals surface area contributed by atoms with Gasteiger partial charge in [0.2, 0.25) is 0 Å². The number of hydrogen-bond donors (Lipinski definition) is 2. The van der Waals surface area contributed by atoms with Crippen molar-refractivity contribution in [1.29, 1.82) is 0 Å². The van der Waals surface area contributed by atoms with Gasteiger partial charge in [-0.2, -0.15) is 0 Å². The van der Waals surface area contributed by atoms with Crippen LogP contribution in [0.15, 0.2) is 47.5 Å². The maximum absolute atomic E-state index is 12.2. The molecule has 0 saturated heterocycles. The molecule has 0 atom stereocenters. The molecule has 0 spiro atoms. The number of nitrogens with zero attached hydrogens (tertiary/aromatic N) is 1. The van der Waals surface area contributed by atoms with Gasteiger partial charge in [-0.25, -0.2) is 0 Å². The van der Waals surface area contributed by atoms with Crippen molar-refractivity contribution in [2.45, 2.75) is 0 Å². The molecule has 2 N–H and O–H groups in total. The maximum atomic E-state index is 12.2. The second-order valence-electron chi connectivity index (χ2n) is 4.81. The van der Waals surface area contributed by atoms with Crippen molar-refractivity contribution in [1.82, 2.24) is 5.32 Å². The molecule has 6 heteroatoms. The van der Waals surface area contributed by atoms with E-state index in [9.17, 15) is 4.79 Å². The molecule has 0 radical (unpaired) electrons. The zero-order chi connectivity index (χ0) is 15.5. The molecule has 0 unspecified atom stereocenters. The van der Waals surface area contributed by atoms with Crippen molar-refractivity contribution < 1.29 is 4.79 Å². The van der Waals surface area contributed by atoms with Crippen LogP contribution in [0, 0.1) is 0 Å². The predicted octanol–water partition coefficient (Wildman–Crippen LogP) is 3.60. The average Bonchev–Trinajstić information content (AvgIpc) is 3.02. The van der Waals surface area contributed by atoms with Crippen LogP contribution in [-0.4, -0.2) is 24.8 Å². The number of carbonyl (C=O) groups excluding carboxylic acids is 1. The lowest BCUT2D eigenvalue weighted by Gasteiger charge is -2.08. The Labute approximate surface area is 138 Å². The molecule has 112 valence electrons. The van der Waals surface area contributed by atoms with Gasteiger partial charge in [-0.05, 0) is 42.5 Å². The molecule has 0 aromatic heterocycles. The van der Waals surface area contributed by atoms with Crippen molar-refractivity contribution in [3.63, 3.8) is 0 Å². The zero-order valence-electron chi connectivity index (χ0n) is 11.6. The molecular formula is C16H13Cl2N3O. The van der Waals surface area contributed by atoms with Crippen molar-refractivity contribution in [3.05, 3.63) is 63.6 Å². The lowest BCUT2D eigenvalue weighted by atomic mass is 10.1. The van der Waals surface area contributed by atoms with Crippen LogP contribution in [0.25, 0.3) is 0 Å². The van der Waals surface area contributed by atoms with Crippen LogP contribution in [0.3, 0.4) is 0 Å². The van der Waals surface area contributed by atoms with Crippen molar-refractivity contribution in [2.24, 2.45) is 4.99 Å². The first kappa shape index (κ1) is 14.9. The summed E-state index contributed by atoms with van der Waals surface area (Å²) in [4.78, 5) is 16.6. The van der Waals surface area contributed by atoms with E-state index in [1.807, 2.05) is 24.3 Å². The van der Waals surface area contributed by atoms with Crippen LogP contribution in [-0.2, 0) is 0 Å². The minimum Gasteiger partial charge on any atom is -0.368 e. The molecule has 22 heavy (non-hydrogen) atoms. The third-order valence-electron chi connectivity index (χ3n) is 3.27. The summed E-state index contributed by atoms with van der Waals surface area (Å²) in [5.74, 6) is 0.615. The Morgan fingerprint density at radius 3 is 2.55 bits per heavy atom. The molecule has 1 aliphatic heterocycles. The highest BCUT2D eigenvalue weighted by molar-refractivity contribution is 6.37. The average molecular weight is 334 g/mol. The van der Waals surface area contributed by atoms with E-state index in [1.165, 1.54) is 0 Å². The third-order valence-corrected chi connectivity index (χ3v) is 3.81. The summed E-state index contributed by atoms with van der Waals surface area (Å²) in [6, 6.07) is 12.3. The summed E-state index contributed by atoms with van der Waals surface area (Å²) in [5, 5.41) is 6.84. The number of carbonyl (C=O) groups is 1. The quantitative estimate of drug-likeness (QED) is 0.901. The Bertz CT molecular complexity index is 742. The minimum absolute atomic E-state index is 0.272. The molecule has 1 heterocycles. The number of amidine groups is 1. The second-order valence-corrected chi connectivity index (χ2v) is 5.66. The van der Waals surface area contributed by atoms with E-state index >= 15 is 0 Å². The fraction of sp³-hybridized carbons (Fsp3) is 0.125. The van der Waals surface area contributed by atoms with Gasteiger partial charge in [0.1, 0.15) is 5.84 Å². The number of hydrogen-bond acceptors (Lipinski definition) is 3. The number of nitrogens with one attached hydrogen (secondary N) is 2. The summed E-state index contributed by atoms with van der Waals surface area (Å²) in [7, 11) is 0. The summed E-state index contributed by atoms with van der Waals surface area (Å²) >= 11 is 11.9. The van der Waals surface area contributed by atoms with Crippen molar-refractivity contribution in [3.8, 4) is 0 Å². The molecule has 1 amide bonds. The molecule has 2 aromatic carbocycles. The van der Waals surface area contributed by atoms with E-state index in [4.69, 9.17) is 23.2 Å². The minimum atomic E-state index is -0.272. The molecular weight excluding hydrogens is 321 g/mol. The van der Waals surface area contributed by atoms with Crippen LogP contribution in [0.2, 0.25) is 10.0 Å². The summed E-state index contributed by atoms with van der Waals surface area (Å²) in [5.41, 5.74) is 2.08. The monoisotopic (exact) mass is 333 g/mol. The molecule has 3 rings (SSSR count). The van der Waals surface area contributed by atoms with Crippen molar-refractivity contribution >= 4 is 40.6 Å². The molecule has 1 aliphatic rings. The predicted molar refractivity (Wildman–Crippen MR) is 90.3 cm³/mol. The lowest BCUT2D eigenvalue weighted by Crippen LogP contribution is -2.19. The topological polar surface area (TPSA) is 53.5 Å². The number of rotatable bonds is 3. The highest BCUT2D eigenvalue weighted by Gasteiger charge is 2.12. The van der Waals surface area contributed by atoms with Crippen LogP contribution in [0.4, 0.5) is 5.69 Å². The SMILES string of the molecule is O=C(Nc1ccc(C2=NCCN2)cc1)c1ccc(Cl)cc1Cl. The van der Waals surface area contributed by atoms with Gasteiger partial charge < -0.3 is 10.6 Å². The van der Waals surface area contributed by atoms with Crippen LogP contribution in [0.5, 0.6) is 0 Å². The van der Waals surface area contributed by atoms with E-state index in [-0.39, 0.29) is 5.91 Å². The number of aliphatic imine (C=N–C) groups is 1. The highest BCUT2D eigenvalue weighted by Crippen LogP contribution is 2.22. The first-order valence-corrected chi connectivity index (χ1v) is 7.54. The van der Waals surface area contributed by atoms with E-state index in [2.05, 4.69) is 15.6 Å². The smallest absolute Gasteiger partial charge is 0.257 e. The number of halogens is 2. The molecule has 0 saturated carbocycles. The first-order chi connectivity index (χ1) is 10.6. The van der Waals surface area contributed by atoms with Crippen molar-refractivity contribution in [2.75, 3.05) is 18.4 Å². The first-order valence-electron chi connectivity index (χ1n) is 6.78. The summed E-state index contributed by atoms with van der Waals surface area (Å²) < 4.78 is 0. The van der Waals surface area contributed by atoms with Crippen LogP contribution in [0.1, 0.15) is 15.9 Å². The molecule has 0 fully saturated rings. The Hall–Kier alpha value is -2.04. The summed E-state index contributed by atoms with van der Waals surface area (Å²) in [6.45, 7) is 1.66. The number of anilines is 1. The van der Waals surface area contributed by atoms with E-state index in [0.29, 0.717) is 21.3 Å². The van der Waals surface area contributed by atoms with Gasteiger partial charge in [0.05, 0.1) is 17.1 Å². The van der Waals surface area contributed by atoms with Gasteiger partial charge >= 0.3 is 0 Å². The fourth-order valence-electron chi connectivity index (χ4n) is 2.17. The molecule has 0 aliphatic carbocycles. The second kappa shape index (κ2) is 6.38. The van der Waals surface area contributed by atoms with Gasteiger partial charge in [0.15, 0.2) is 0 Å². The van der Waals surface area contributed by atoms with E-state index in [0.717, 1.165) is 24.5 Å². The fourth-order valence-corrected chi connectivity index (χ4v) is 2.67. The van der Waals surface area contributed by atoms with Gasteiger partial charge in [-0.1, -0.05) is 23.2 Å². The maximum Gasteiger partial charge on any atom is 0.257 e. The van der Waals surface area contributed by atoms with E-state index < -0.39 is 0 Å². The van der Waals surface area contributed by atoms with Crippen LogP contribution >= 0.6 is 23.2 Å². The van der Waals surface area contributed by atoms with Gasteiger partial charge in [0.25, 0.3) is 5.91 Å².